The summed E-state index contributed by atoms with van der Waals surface area (Å²) in [5.74, 6) is -0.0215. The minimum absolute atomic E-state index is 0.0215. The Balaban J connectivity index is 2.72. The highest BCUT2D eigenvalue weighted by atomic mass is 16.1. The van der Waals surface area contributed by atoms with Crippen LogP contribution in [0.1, 0.15) is 10.4 Å². The van der Waals surface area contributed by atoms with Crippen LogP contribution in [0.3, 0.4) is 0 Å². The minimum Gasteiger partial charge on any atom is -0.394 e. The van der Waals surface area contributed by atoms with E-state index in [2.05, 4.69) is 10.3 Å². The Morgan fingerprint density at radius 3 is 2.75 bits per heavy atom. The smallest absolute Gasteiger partial charge is 0.187 e. The summed E-state index contributed by atoms with van der Waals surface area (Å²) < 4.78 is 0. The van der Waals surface area contributed by atoms with Crippen LogP contribution < -0.4 is 5.32 Å². The zero-order valence-electron chi connectivity index (χ0n) is 6.82. The summed E-state index contributed by atoms with van der Waals surface area (Å²) >= 11 is 0. The van der Waals surface area contributed by atoms with Crippen molar-refractivity contribution in [1.29, 1.82) is 0 Å². The molecule has 0 fully saturated rings. The first-order valence-electron chi connectivity index (χ1n) is 3.63. The summed E-state index contributed by atoms with van der Waals surface area (Å²) in [4.78, 5) is 15.1. The van der Waals surface area contributed by atoms with Gasteiger partial charge in [0.15, 0.2) is 5.78 Å². The first-order chi connectivity index (χ1) is 5.84. The molecule has 1 N–H and O–H groups in total. The quantitative estimate of drug-likeness (QED) is 0.532. The molecular formula is C9H10N2O. The van der Waals surface area contributed by atoms with Gasteiger partial charge in [0.2, 0.25) is 0 Å². The Labute approximate surface area is 71.1 Å². The van der Waals surface area contributed by atoms with Crippen molar-refractivity contribution < 1.29 is 4.79 Å². The van der Waals surface area contributed by atoms with E-state index in [4.69, 9.17) is 0 Å². The molecule has 12 heavy (non-hydrogen) atoms. The molecule has 0 aliphatic rings. The van der Waals surface area contributed by atoms with Gasteiger partial charge in [-0.2, -0.15) is 0 Å². The molecule has 0 aliphatic heterocycles. The zero-order chi connectivity index (χ0) is 8.81. The zero-order valence-corrected chi connectivity index (χ0v) is 6.82. The normalized spacial score (nSPS) is 10.1. The first kappa shape index (κ1) is 8.46. The van der Waals surface area contributed by atoms with E-state index >= 15 is 0 Å². The van der Waals surface area contributed by atoms with Crippen molar-refractivity contribution >= 4 is 5.78 Å². The van der Waals surface area contributed by atoms with E-state index in [-0.39, 0.29) is 5.78 Å². The lowest BCUT2D eigenvalue weighted by molar-refractivity contribution is 0.104. The average molecular weight is 162 g/mol. The number of pyridine rings is 1. The van der Waals surface area contributed by atoms with Crippen LogP contribution in [0, 0.1) is 0 Å². The van der Waals surface area contributed by atoms with E-state index in [1.807, 2.05) is 0 Å². The van der Waals surface area contributed by atoms with Gasteiger partial charge < -0.3 is 5.32 Å². The van der Waals surface area contributed by atoms with Gasteiger partial charge in [-0.15, -0.1) is 0 Å². The third-order valence-corrected chi connectivity index (χ3v) is 1.37. The lowest BCUT2D eigenvalue weighted by Crippen LogP contribution is -1.98. The van der Waals surface area contributed by atoms with E-state index in [1.54, 1.807) is 37.8 Å². The predicted molar refractivity (Wildman–Crippen MR) is 46.8 cm³/mol. The Hall–Kier alpha value is -1.64. The van der Waals surface area contributed by atoms with Gasteiger partial charge in [0.05, 0.1) is 0 Å². The van der Waals surface area contributed by atoms with Gasteiger partial charge >= 0.3 is 0 Å². The van der Waals surface area contributed by atoms with Gasteiger partial charge in [0.1, 0.15) is 0 Å². The lowest BCUT2D eigenvalue weighted by Gasteiger charge is -1.92. The van der Waals surface area contributed by atoms with Crippen molar-refractivity contribution in [1.82, 2.24) is 10.3 Å². The lowest BCUT2D eigenvalue weighted by atomic mass is 10.2. The molecule has 0 spiro atoms. The maximum absolute atomic E-state index is 11.2. The molecule has 1 aromatic rings. The van der Waals surface area contributed by atoms with Crippen LogP contribution >= 0.6 is 0 Å². The maximum Gasteiger partial charge on any atom is 0.187 e. The molecule has 1 aromatic heterocycles. The van der Waals surface area contributed by atoms with E-state index in [0.717, 1.165) is 0 Å². The molecule has 0 saturated carbocycles. The standard InChI is InChI=1S/C9H10N2O/c1-10-5-4-9(12)8-2-6-11-7-3-8/h2-7,10H,1H3/b5-4-. The second-order valence-corrected chi connectivity index (χ2v) is 2.22. The van der Waals surface area contributed by atoms with E-state index in [0.29, 0.717) is 5.56 Å². The summed E-state index contributed by atoms with van der Waals surface area (Å²) in [5.41, 5.74) is 0.650. The molecule has 3 nitrogen and oxygen atoms in total. The Kier molecular flexibility index (Phi) is 3.02. The highest BCUT2D eigenvalue weighted by molar-refractivity contribution is 6.04. The highest BCUT2D eigenvalue weighted by Crippen LogP contribution is 1.97. The van der Waals surface area contributed by atoms with E-state index in [9.17, 15) is 4.79 Å². The van der Waals surface area contributed by atoms with Crippen LogP contribution in [0.5, 0.6) is 0 Å². The average Bonchev–Trinajstić information content (AvgIpc) is 2.15. The van der Waals surface area contributed by atoms with Crippen LogP contribution in [0.2, 0.25) is 0 Å². The molecule has 0 amide bonds. The molecule has 1 rings (SSSR count). The van der Waals surface area contributed by atoms with Gasteiger partial charge in [0.25, 0.3) is 0 Å². The fourth-order valence-electron chi connectivity index (χ4n) is 0.771. The molecule has 0 atom stereocenters. The highest BCUT2D eigenvalue weighted by Gasteiger charge is 1.98. The van der Waals surface area contributed by atoms with Gasteiger partial charge in [-0.1, -0.05) is 0 Å². The molecule has 62 valence electrons. The van der Waals surface area contributed by atoms with Gasteiger partial charge in [-0.05, 0) is 12.1 Å². The van der Waals surface area contributed by atoms with Crippen molar-refractivity contribution in [3.63, 3.8) is 0 Å². The Bertz CT molecular complexity index is 280. The SMILES string of the molecule is CN/C=C\C(=O)c1ccncc1. The number of hydrogen-bond acceptors (Lipinski definition) is 3. The number of nitrogens with zero attached hydrogens (tertiary/aromatic N) is 1. The maximum atomic E-state index is 11.2. The second-order valence-electron chi connectivity index (χ2n) is 2.22. The molecule has 0 saturated heterocycles. The van der Waals surface area contributed by atoms with Crippen LogP contribution in [0.4, 0.5) is 0 Å². The summed E-state index contributed by atoms with van der Waals surface area (Å²) in [6.45, 7) is 0. The largest absolute Gasteiger partial charge is 0.394 e. The third-order valence-electron chi connectivity index (χ3n) is 1.37. The topological polar surface area (TPSA) is 42.0 Å². The van der Waals surface area contributed by atoms with Crippen molar-refractivity contribution in [3.8, 4) is 0 Å². The van der Waals surface area contributed by atoms with Crippen molar-refractivity contribution in [3.05, 3.63) is 42.4 Å². The van der Waals surface area contributed by atoms with Crippen LogP contribution in [-0.4, -0.2) is 17.8 Å². The fraction of sp³-hybridized carbons (Fsp3) is 0.111. The van der Waals surface area contributed by atoms with Crippen molar-refractivity contribution in [2.24, 2.45) is 0 Å². The van der Waals surface area contributed by atoms with Crippen LogP contribution in [0.15, 0.2) is 36.8 Å². The van der Waals surface area contributed by atoms with E-state index < -0.39 is 0 Å². The minimum atomic E-state index is -0.0215. The molecule has 0 radical (unpaired) electrons. The fourth-order valence-corrected chi connectivity index (χ4v) is 0.771. The molecule has 1 heterocycles. The molecule has 0 unspecified atom stereocenters. The molecule has 0 bridgehead atoms. The molecular weight excluding hydrogens is 152 g/mol. The summed E-state index contributed by atoms with van der Waals surface area (Å²) in [5, 5.41) is 2.75. The number of allylic oxidation sites excluding steroid dienone is 1. The van der Waals surface area contributed by atoms with Crippen LogP contribution in [0.25, 0.3) is 0 Å². The van der Waals surface area contributed by atoms with Crippen molar-refractivity contribution in [2.45, 2.75) is 0 Å². The molecule has 0 aromatic carbocycles. The summed E-state index contributed by atoms with van der Waals surface area (Å²) in [6.07, 6.45) is 6.28. The number of aromatic nitrogens is 1. The number of rotatable bonds is 3. The van der Waals surface area contributed by atoms with Gasteiger partial charge in [-0.25, -0.2) is 0 Å². The predicted octanol–water partition coefficient (Wildman–Crippen LogP) is 0.997. The summed E-state index contributed by atoms with van der Waals surface area (Å²) in [7, 11) is 1.75. The first-order valence-corrected chi connectivity index (χ1v) is 3.63. The Morgan fingerprint density at radius 2 is 2.17 bits per heavy atom. The summed E-state index contributed by atoms with van der Waals surface area (Å²) in [6, 6.07) is 3.37. The molecule has 0 aliphatic carbocycles. The second kappa shape index (κ2) is 4.28. The monoisotopic (exact) mass is 162 g/mol. The van der Waals surface area contributed by atoms with E-state index in [1.165, 1.54) is 6.08 Å². The number of carbonyl (C=O) groups is 1. The number of carbonyl (C=O) groups excluding carboxylic acids is 1. The van der Waals surface area contributed by atoms with Gasteiger partial charge in [-0.3, -0.25) is 9.78 Å². The van der Waals surface area contributed by atoms with Gasteiger partial charge in [0, 0.05) is 37.3 Å². The Morgan fingerprint density at radius 1 is 1.50 bits per heavy atom. The van der Waals surface area contributed by atoms with Crippen LogP contribution in [-0.2, 0) is 0 Å². The molecule has 3 heteroatoms. The third kappa shape index (κ3) is 2.20. The number of hydrogen-bond donors (Lipinski definition) is 1. The van der Waals surface area contributed by atoms with Crippen molar-refractivity contribution in [2.75, 3.05) is 7.05 Å². The number of nitrogens with one attached hydrogen (secondary N) is 1. The number of ketones is 1.